The van der Waals surface area contributed by atoms with Crippen molar-refractivity contribution in [3.8, 4) is 5.75 Å². The first-order chi connectivity index (χ1) is 8.69. The predicted molar refractivity (Wildman–Crippen MR) is 72.8 cm³/mol. The van der Waals surface area contributed by atoms with E-state index in [1.54, 1.807) is 7.05 Å². The standard InChI is InChI=1S/C13H15BrN2O2/c1-15-12-8-4-9(14)11(18-6-7-2-3-7)5-10(8)16-13(12)17/h4-5,7,12,15H,2-3,6H2,1H3,(H,16,17). The van der Waals surface area contributed by atoms with Gasteiger partial charge in [0.2, 0.25) is 5.91 Å². The molecule has 0 bridgehead atoms. The number of hydrogen-bond donors (Lipinski definition) is 2. The lowest BCUT2D eigenvalue weighted by Gasteiger charge is -2.11. The molecule has 1 heterocycles. The van der Waals surface area contributed by atoms with Crippen LogP contribution in [-0.4, -0.2) is 19.6 Å². The molecule has 1 unspecified atom stereocenters. The van der Waals surface area contributed by atoms with Gasteiger partial charge in [-0.25, -0.2) is 0 Å². The molecule has 1 amide bonds. The van der Waals surface area contributed by atoms with Crippen molar-refractivity contribution in [1.29, 1.82) is 0 Å². The van der Waals surface area contributed by atoms with E-state index in [0.29, 0.717) is 5.92 Å². The molecule has 0 aromatic heterocycles. The van der Waals surface area contributed by atoms with Gasteiger partial charge in [0.25, 0.3) is 0 Å². The molecule has 2 N–H and O–H groups in total. The Kier molecular flexibility index (Phi) is 3.03. The van der Waals surface area contributed by atoms with Gasteiger partial charge in [-0.1, -0.05) is 0 Å². The second kappa shape index (κ2) is 4.55. The van der Waals surface area contributed by atoms with Crippen molar-refractivity contribution in [3.63, 3.8) is 0 Å². The first-order valence-corrected chi connectivity index (χ1v) is 6.92. The molecule has 96 valence electrons. The summed E-state index contributed by atoms with van der Waals surface area (Å²) in [7, 11) is 1.78. The van der Waals surface area contributed by atoms with Gasteiger partial charge in [0, 0.05) is 17.3 Å². The third-order valence-electron chi connectivity index (χ3n) is 3.40. The first-order valence-electron chi connectivity index (χ1n) is 6.13. The fourth-order valence-corrected chi connectivity index (χ4v) is 2.63. The summed E-state index contributed by atoms with van der Waals surface area (Å²) >= 11 is 3.51. The summed E-state index contributed by atoms with van der Waals surface area (Å²) in [6, 6.07) is 3.59. The molecular formula is C13H15BrN2O2. The molecule has 0 radical (unpaired) electrons. The van der Waals surface area contributed by atoms with Crippen molar-refractivity contribution in [2.45, 2.75) is 18.9 Å². The molecular weight excluding hydrogens is 296 g/mol. The van der Waals surface area contributed by atoms with Crippen molar-refractivity contribution in [2.24, 2.45) is 5.92 Å². The van der Waals surface area contributed by atoms with E-state index in [2.05, 4.69) is 26.6 Å². The lowest BCUT2D eigenvalue weighted by atomic mass is 10.1. The average Bonchev–Trinajstić information content (AvgIpc) is 3.10. The number of halogens is 1. The number of ether oxygens (including phenoxy) is 1. The number of hydrogen-bond acceptors (Lipinski definition) is 3. The normalized spacial score (nSPS) is 21.7. The molecule has 1 fully saturated rings. The molecule has 18 heavy (non-hydrogen) atoms. The van der Waals surface area contributed by atoms with Gasteiger partial charge in [0.15, 0.2) is 0 Å². The first kappa shape index (κ1) is 12.0. The molecule has 1 aromatic rings. The highest BCUT2D eigenvalue weighted by Crippen LogP contribution is 2.39. The zero-order valence-corrected chi connectivity index (χ0v) is 11.7. The smallest absolute Gasteiger partial charge is 0.246 e. The van der Waals surface area contributed by atoms with E-state index in [0.717, 1.165) is 28.1 Å². The summed E-state index contributed by atoms with van der Waals surface area (Å²) in [5.74, 6) is 1.50. The van der Waals surface area contributed by atoms with Crippen LogP contribution < -0.4 is 15.4 Å². The Morgan fingerprint density at radius 1 is 1.50 bits per heavy atom. The van der Waals surface area contributed by atoms with E-state index < -0.39 is 0 Å². The number of anilines is 1. The van der Waals surface area contributed by atoms with Gasteiger partial charge in [0.1, 0.15) is 11.8 Å². The van der Waals surface area contributed by atoms with Crippen LogP contribution in [0.2, 0.25) is 0 Å². The van der Waals surface area contributed by atoms with Gasteiger partial charge < -0.3 is 15.4 Å². The Hall–Kier alpha value is -1.07. The largest absolute Gasteiger partial charge is 0.492 e. The van der Waals surface area contributed by atoms with Gasteiger partial charge >= 0.3 is 0 Å². The Morgan fingerprint density at radius 2 is 2.28 bits per heavy atom. The van der Waals surface area contributed by atoms with Crippen molar-refractivity contribution < 1.29 is 9.53 Å². The van der Waals surface area contributed by atoms with Crippen LogP contribution in [0.4, 0.5) is 5.69 Å². The molecule has 0 saturated heterocycles. The van der Waals surface area contributed by atoms with Gasteiger partial charge in [-0.3, -0.25) is 4.79 Å². The van der Waals surface area contributed by atoms with Crippen LogP contribution in [0.1, 0.15) is 24.4 Å². The molecule has 5 heteroatoms. The van der Waals surface area contributed by atoms with E-state index >= 15 is 0 Å². The predicted octanol–water partition coefficient (Wildman–Crippen LogP) is 2.45. The molecule has 1 aromatic carbocycles. The van der Waals surface area contributed by atoms with E-state index in [4.69, 9.17) is 4.74 Å². The highest BCUT2D eigenvalue weighted by atomic mass is 79.9. The summed E-state index contributed by atoms with van der Waals surface area (Å²) in [5, 5.41) is 5.87. The molecule has 2 aliphatic rings. The third-order valence-corrected chi connectivity index (χ3v) is 4.01. The number of rotatable bonds is 4. The zero-order valence-electron chi connectivity index (χ0n) is 10.1. The minimum absolute atomic E-state index is 0.0151. The Labute approximate surface area is 114 Å². The van der Waals surface area contributed by atoms with E-state index in [9.17, 15) is 4.79 Å². The van der Waals surface area contributed by atoms with Crippen LogP contribution in [0.25, 0.3) is 0 Å². The number of likely N-dealkylation sites (N-methyl/N-ethyl adjacent to an activating group) is 1. The maximum absolute atomic E-state index is 11.7. The van der Waals surface area contributed by atoms with Crippen LogP contribution in [0.15, 0.2) is 16.6 Å². The van der Waals surface area contributed by atoms with Crippen LogP contribution in [0.5, 0.6) is 5.75 Å². The van der Waals surface area contributed by atoms with Crippen LogP contribution >= 0.6 is 15.9 Å². The average molecular weight is 311 g/mol. The molecule has 1 aliphatic heterocycles. The number of carbonyl (C=O) groups excluding carboxylic acids is 1. The Bertz CT molecular complexity index is 500. The monoisotopic (exact) mass is 310 g/mol. The minimum Gasteiger partial charge on any atom is -0.492 e. The number of carbonyl (C=O) groups is 1. The Morgan fingerprint density at radius 3 is 2.94 bits per heavy atom. The Balaban J connectivity index is 1.86. The van der Waals surface area contributed by atoms with E-state index in [-0.39, 0.29) is 11.9 Å². The lowest BCUT2D eigenvalue weighted by Crippen LogP contribution is -2.23. The van der Waals surface area contributed by atoms with Gasteiger partial charge in [-0.15, -0.1) is 0 Å². The third kappa shape index (κ3) is 2.12. The zero-order chi connectivity index (χ0) is 12.7. The summed E-state index contributed by atoms with van der Waals surface area (Å²) in [6.07, 6.45) is 2.53. The van der Waals surface area contributed by atoms with Crippen molar-refractivity contribution in [1.82, 2.24) is 5.32 Å². The topological polar surface area (TPSA) is 50.4 Å². The highest BCUT2D eigenvalue weighted by Gasteiger charge is 2.30. The summed E-state index contributed by atoms with van der Waals surface area (Å²) < 4.78 is 6.67. The van der Waals surface area contributed by atoms with Crippen molar-refractivity contribution in [3.05, 3.63) is 22.2 Å². The number of amides is 1. The number of nitrogens with one attached hydrogen (secondary N) is 2. The fourth-order valence-electron chi connectivity index (χ4n) is 2.15. The molecule has 3 rings (SSSR count). The van der Waals surface area contributed by atoms with Crippen LogP contribution in [0.3, 0.4) is 0 Å². The molecule has 4 nitrogen and oxygen atoms in total. The molecule has 1 saturated carbocycles. The number of benzene rings is 1. The summed E-state index contributed by atoms with van der Waals surface area (Å²) in [5.41, 5.74) is 1.81. The highest BCUT2D eigenvalue weighted by molar-refractivity contribution is 9.10. The number of fused-ring (bicyclic) bond motifs is 1. The maximum Gasteiger partial charge on any atom is 0.246 e. The van der Waals surface area contributed by atoms with Crippen LogP contribution in [-0.2, 0) is 4.79 Å². The van der Waals surface area contributed by atoms with E-state index in [1.165, 1.54) is 12.8 Å². The lowest BCUT2D eigenvalue weighted by molar-refractivity contribution is -0.117. The molecule has 1 aliphatic carbocycles. The van der Waals surface area contributed by atoms with Gasteiger partial charge in [0.05, 0.1) is 11.1 Å². The summed E-state index contributed by atoms with van der Waals surface area (Å²) in [6.45, 7) is 0.765. The van der Waals surface area contributed by atoms with Crippen molar-refractivity contribution in [2.75, 3.05) is 19.0 Å². The van der Waals surface area contributed by atoms with Crippen LogP contribution in [0, 0.1) is 5.92 Å². The van der Waals surface area contributed by atoms with E-state index in [1.807, 2.05) is 12.1 Å². The SMILES string of the molecule is CNC1C(=O)Nc2cc(OCC3CC3)c(Br)cc21. The molecule has 1 atom stereocenters. The van der Waals surface area contributed by atoms with Gasteiger partial charge in [-0.2, -0.15) is 0 Å². The summed E-state index contributed by atoms with van der Waals surface area (Å²) in [4.78, 5) is 11.7. The second-order valence-corrected chi connectivity index (χ2v) is 5.69. The van der Waals surface area contributed by atoms with Gasteiger partial charge in [-0.05, 0) is 47.8 Å². The molecule has 0 spiro atoms. The quantitative estimate of drug-likeness (QED) is 0.898. The second-order valence-electron chi connectivity index (χ2n) is 4.84. The minimum atomic E-state index is -0.270. The van der Waals surface area contributed by atoms with Crippen molar-refractivity contribution >= 4 is 27.5 Å². The fraction of sp³-hybridized carbons (Fsp3) is 0.462. The maximum atomic E-state index is 11.7.